The molecular weight excluding hydrogens is 1780 g/mol. The highest BCUT2D eigenvalue weighted by Crippen LogP contribution is 2.42. The zero-order valence-electron chi connectivity index (χ0n) is 83.7. The number of amides is 4. The number of rotatable bonds is 39. The Morgan fingerprint density at radius 1 is 0.331 bits per heavy atom. The summed E-state index contributed by atoms with van der Waals surface area (Å²) in [6.45, 7) is 41.9. The summed E-state index contributed by atoms with van der Waals surface area (Å²) in [4.78, 5) is 118. The van der Waals surface area contributed by atoms with Crippen molar-refractivity contribution in [3.8, 4) is 0 Å². The number of carbonyl (C=O) groups excluding carboxylic acids is 4. The Balaban J connectivity index is 0.000000191. The Labute approximate surface area is 813 Å². The molecule has 4 aromatic heterocycles. The highest BCUT2D eigenvalue weighted by molar-refractivity contribution is 6.00. The fraction of sp³-hybridized carbons (Fsp3) is 0.534. The number of anilines is 4. The van der Waals surface area contributed by atoms with Gasteiger partial charge in [-0.1, -0.05) is 161 Å². The minimum absolute atomic E-state index is 0.0233. The molecule has 13 rings (SSSR count). The molecule has 4 aliphatic heterocycles. The summed E-state index contributed by atoms with van der Waals surface area (Å²) in [6.07, 6.45) is 2.74. The van der Waals surface area contributed by atoms with Crippen LogP contribution in [0.4, 0.5) is 23.3 Å². The second-order valence-corrected chi connectivity index (χ2v) is 37.6. The molecule has 4 aliphatic rings. The van der Waals surface area contributed by atoms with Crippen molar-refractivity contribution in [3.05, 3.63) is 245 Å². The molecule has 36 heteroatoms. The first-order valence-electron chi connectivity index (χ1n) is 48.1. The van der Waals surface area contributed by atoms with E-state index in [1.807, 2.05) is 260 Å². The number of aromatic nitrogens is 8. The van der Waals surface area contributed by atoms with E-state index in [4.69, 9.17) is 79.8 Å². The topological polar surface area (TPSA) is 471 Å². The van der Waals surface area contributed by atoms with E-state index in [0.717, 1.165) is 40.3 Å². The number of aryl methyl sites for hydroxylation is 1. The van der Waals surface area contributed by atoms with Gasteiger partial charge < -0.3 is 101 Å². The zero-order chi connectivity index (χ0) is 101. The monoisotopic (exact) mass is 1930 g/mol. The van der Waals surface area contributed by atoms with Gasteiger partial charge in [0.15, 0.2) is 0 Å². The second kappa shape index (κ2) is 52.1. The van der Waals surface area contributed by atoms with Crippen molar-refractivity contribution in [3.63, 3.8) is 0 Å². The van der Waals surface area contributed by atoms with E-state index in [1.165, 1.54) is 48.6 Å². The maximum Gasteiger partial charge on any atom is 0.351 e. The van der Waals surface area contributed by atoms with E-state index < -0.39 is 65.4 Å². The standard InChI is InChI=1S/C28H36N4O5.C26H38N4O5.C25H36N4O5.C24H34N4O5/c1-16(2)35-15-23-24(36-17(3)4)18(5)27(37-23)32-14-22(25(29)31-28(32)34)26(33)30-13-20-11-8-10-19-9-6-7-12-21(19)20;1-16(2)33-15-21-22(34-17(3)4)18(5)25(35-21)30-14-20(23(27)29-26(30)32)24(31)28-13-9-12-19-10-7-6-8-11-19;1-15(2)32-14-20-21(33-16(3)4)17(5)24(34-20)29-13-19(22(26)28-25(29)31)23(30)27-12-11-18-9-7-6-8-10-18;1-14(2)31-13-19-20(32-15(3)4)16(5)23(33-19)28-12-18(21(25)27-24(28)30)22(29)26-11-17-9-7-6-8-10-17/h6-12,14,16-18,23-24,27H,13,15H2,1-5H3,(H,30,33)(H2,29,31,34);6-8,10-11,14,16-18,21-22,25H,9,12-13,15H2,1-5H3,(H,28,31)(H2,27,29,32);6-10,13,15-17,20-21,24H,11-12,14H2,1-5H3,(H,27,30)(H2,26,28,31);6-10,12,14-16,19-20,23H,11,13H2,1-5H3,(H,26,29)(H2,25,27,30)/t18?,23-,24-,27-;18?,21-,22-,25-;17?,20-,21-,24-;16?,19-,20-,23-/m1111/s1. The summed E-state index contributed by atoms with van der Waals surface area (Å²) >= 11 is 0. The van der Waals surface area contributed by atoms with Crippen LogP contribution in [-0.2, 0) is 82.8 Å². The molecule has 0 bridgehead atoms. The number of hydrogen-bond acceptors (Lipinski definition) is 28. The van der Waals surface area contributed by atoms with Gasteiger partial charge in [-0.15, -0.1) is 0 Å². The van der Waals surface area contributed by atoms with Gasteiger partial charge in [-0.05, 0) is 163 Å². The molecule has 36 nitrogen and oxygen atoms in total. The first-order chi connectivity index (χ1) is 66.2. The third-order valence-corrected chi connectivity index (χ3v) is 23.6. The summed E-state index contributed by atoms with van der Waals surface area (Å²) < 4.78 is 77.8. The Hall–Kier alpha value is -11.5. The van der Waals surface area contributed by atoms with E-state index in [2.05, 4.69) is 53.3 Å². The lowest BCUT2D eigenvalue weighted by molar-refractivity contribution is -0.0966. The molecule has 139 heavy (non-hydrogen) atoms. The number of nitrogens with two attached hydrogens (primary N) is 4. The molecule has 5 aromatic carbocycles. The van der Waals surface area contributed by atoms with Gasteiger partial charge in [-0.25, -0.2) is 19.2 Å². The van der Waals surface area contributed by atoms with Crippen LogP contribution in [0.15, 0.2) is 177 Å². The van der Waals surface area contributed by atoms with Gasteiger partial charge in [0.2, 0.25) is 0 Å². The molecule has 9 aromatic rings. The largest absolute Gasteiger partial charge is 0.383 e. The number of nitrogens with zero attached hydrogens (tertiary/aromatic N) is 8. The zero-order valence-corrected chi connectivity index (χ0v) is 83.7. The number of carbonyl (C=O) groups is 4. The van der Waals surface area contributed by atoms with E-state index in [9.17, 15) is 38.4 Å². The Morgan fingerprint density at radius 3 is 0.921 bits per heavy atom. The molecule has 0 radical (unpaired) electrons. The number of hydrogen-bond donors (Lipinski definition) is 8. The SMILES string of the molecule is CC(C)OC[C@H]1O[C@@H](n2cc(C(=O)NCCCc3ccccc3)c(N)nc2=O)C(C)[C@H]1OC(C)C.CC(C)OC[C@H]1O[C@@H](n2cc(C(=O)NCCc3ccccc3)c(N)nc2=O)C(C)[C@H]1OC(C)C.CC(C)OC[C@H]1O[C@@H](n2cc(C(=O)NCc3cccc4ccccc34)c(N)nc2=O)C(C)[C@H]1OC(C)C.CC(C)OC[C@H]1O[C@@H](n2cc(C(=O)NCc3ccccc3)c(N)nc2=O)C(C)[C@H]1OC(C)C. The maximum atomic E-state index is 13.2. The minimum Gasteiger partial charge on any atom is -0.383 e. The number of ether oxygens (including phenoxy) is 12. The van der Waals surface area contributed by atoms with E-state index in [-0.39, 0.29) is 173 Å². The van der Waals surface area contributed by atoms with Crippen molar-refractivity contribution >= 4 is 57.7 Å². The second-order valence-electron chi connectivity index (χ2n) is 37.6. The summed E-state index contributed by atoms with van der Waals surface area (Å²) in [7, 11) is 0. The average Bonchev–Trinajstić information content (AvgIpc) is 1.49. The van der Waals surface area contributed by atoms with Crippen LogP contribution in [0, 0.1) is 23.7 Å². The van der Waals surface area contributed by atoms with Crippen LogP contribution < -0.4 is 67.0 Å². The molecule has 4 saturated heterocycles. The highest BCUT2D eigenvalue weighted by Gasteiger charge is 2.50. The van der Waals surface area contributed by atoms with Crippen molar-refractivity contribution < 1.29 is 76.0 Å². The molecule has 0 saturated carbocycles. The predicted octanol–water partition coefficient (Wildman–Crippen LogP) is 11.7. The van der Waals surface area contributed by atoms with Crippen LogP contribution in [0.5, 0.6) is 0 Å². The number of fused-ring (bicyclic) bond motifs is 1. The summed E-state index contributed by atoms with van der Waals surface area (Å²) in [6, 6.07) is 43.3. The third-order valence-electron chi connectivity index (χ3n) is 23.6. The molecule has 8 heterocycles. The first-order valence-corrected chi connectivity index (χ1v) is 48.1. The smallest absolute Gasteiger partial charge is 0.351 e. The summed E-state index contributed by atoms with van der Waals surface area (Å²) in [5.41, 5.74) is 26.2. The molecule has 0 spiro atoms. The molecule has 4 fully saturated rings. The molecule has 12 N–H and O–H groups in total. The van der Waals surface area contributed by atoms with Crippen LogP contribution in [0.3, 0.4) is 0 Å². The highest BCUT2D eigenvalue weighted by atomic mass is 16.6. The molecular formula is C103H144N16O20. The average molecular weight is 1930 g/mol. The predicted molar refractivity (Wildman–Crippen MR) is 531 cm³/mol. The maximum absolute atomic E-state index is 13.2. The van der Waals surface area contributed by atoms with Gasteiger partial charge in [0.1, 0.15) is 72.6 Å². The fourth-order valence-corrected chi connectivity index (χ4v) is 16.8. The van der Waals surface area contributed by atoms with Crippen LogP contribution >= 0.6 is 0 Å². The number of nitrogens with one attached hydrogen (secondary N) is 4. The molecule has 756 valence electrons. The van der Waals surface area contributed by atoms with E-state index in [1.54, 1.807) is 0 Å². The lowest BCUT2D eigenvalue weighted by Gasteiger charge is -2.24. The Bertz CT molecular complexity index is 5700. The van der Waals surface area contributed by atoms with E-state index >= 15 is 0 Å². The van der Waals surface area contributed by atoms with Gasteiger partial charge in [0.05, 0.1) is 122 Å². The third kappa shape index (κ3) is 30.7. The van der Waals surface area contributed by atoms with Gasteiger partial charge >= 0.3 is 22.8 Å². The van der Waals surface area contributed by atoms with Crippen molar-refractivity contribution in [2.75, 3.05) is 62.5 Å². The van der Waals surface area contributed by atoms with Gasteiger partial charge in [-0.3, -0.25) is 37.4 Å². The van der Waals surface area contributed by atoms with Crippen LogP contribution in [0.25, 0.3) is 10.8 Å². The molecule has 16 atom stereocenters. The van der Waals surface area contributed by atoms with Crippen LogP contribution in [-0.4, -0.2) is 199 Å². The van der Waals surface area contributed by atoms with E-state index in [0.29, 0.717) is 59.0 Å². The minimum atomic E-state index is -0.685. The molecule has 0 aliphatic carbocycles. The molecule has 4 amide bonds. The van der Waals surface area contributed by atoms with Crippen molar-refractivity contribution in [2.24, 2.45) is 23.7 Å². The normalized spacial score (nSPS) is 22.2. The fourth-order valence-electron chi connectivity index (χ4n) is 16.8. The summed E-state index contributed by atoms with van der Waals surface area (Å²) in [5, 5.41) is 13.6. The van der Waals surface area contributed by atoms with Gasteiger partial charge in [0, 0.05) is 74.6 Å². The number of nitrogen functional groups attached to an aromatic ring is 4. The number of benzene rings is 5. The quantitative estimate of drug-likeness (QED) is 0.0166. The van der Waals surface area contributed by atoms with Crippen molar-refractivity contribution in [2.45, 2.75) is 293 Å². The van der Waals surface area contributed by atoms with Gasteiger partial charge in [0.25, 0.3) is 23.6 Å². The summed E-state index contributed by atoms with van der Waals surface area (Å²) in [5.74, 6) is -2.82. The Kier molecular flexibility index (Phi) is 41.0. The van der Waals surface area contributed by atoms with Gasteiger partial charge in [-0.2, -0.15) is 19.9 Å². The first kappa shape index (κ1) is 109. The molecule has 4 unspecified atom stereocenters. The lowest BCUT2D eigenvalue weighted by atomic mass is 10.0. The van der Waals surface area contributed by atoms with Crippen molar-refractivity contribution in [1.82, 2.24) is 59.5 Å². The van der Waals surface area contributed by atoms with Crippen molar-refractivity contribution in [1.29, 1.82) is 0 Å². The lowest BCUT2D eigenvalue weighted by Crippen LogP contribution is -2.36. The van der Waals surface area contributed by atoms with Crippen LogP contribution in [0.2, 0.25) is 0 Å². The van der Waals surface area contributed by atoms with Crippen LogP contribution in [0.1, 0.15) is 233 Å². The Morgan fingerprint density at radius 2 is 0.604 bits per heavy atom.